The van der Waals surface area contributed by atoms with Crippen LogP contribution in [-0.4, -0.2) is 60.0 Å². The van der Waals surface area contributed by atoms with Crippen LogP contribution in [0.3, 0.4) is 0 Å². The lowest BCUT2D eigenvalue weighted by Crippen LogP contribution is -2.33. The quantitative estimate of drug-likeness (QED) is 0.202. The van der Waals surface area contributed by atoms with Crippen molar-refractivity contribution in [3.05, 3.63) is 77.4 Å². The molecule has 0 saturated carbocycles. The maximum absolute atomic E-state index is 13.1. The van der Waals surface area contributed by atoms with Gasteiger partial charge in [-0.05, 0) is 79.7 Å². The summed E-state index contributed by atoms with van der Waals surface area (Å²) in [5, 5.41) is 26.8. The van der Waals surface area contributed by atoms with Gasteiger partial charge in [0, 0.05) is 17.8 Å². The molecule has 0 radical (unpaired) electrons. The van der Waals surface area contributed by atoms with Gasteiger partial charge in [-0.3, -0.25) is 4.79 Å². The van der Waals surface area contributed by atoms with Gasteiger partial charge in [0.2, 0.25) is 0 Å². The van der Waals surface area contributed by atoms with E-state index in [0.29, 0.717) is 5.92 Å². The summed E-state index contributed by atoms with van der Waals surface area (Å²) in [4.78, 5) is 30.9. The number of piperidine rings is 1. The predicted octanol–water partition coefficient (Wildman–Crippen LogP) is 6.32. The molecule has 4 rings (SSSR count). The highest BCUT2D eigenvalue weighted by molar-refractivity contribution is 5.97. The number of hydrogen-bond donors (Lipinski definition) is 5. The number of carboxylic acid groups (broad SMARTS) is 2. The van der Waals surface area contributed by atoms with Gasteiger partial charge >= 0.3 is 24.3 Å². The zero-order valence-electron chi connectivity index (χ0n) is 23.9. The fourth-order valence-corrected chi connectivity index (χ4v) is 4.32. The Bertz CT molecular complexity index is 1390. The summed E-state index contributed by atoms with van der Waals surface area (Å²) in [6.45, 7) is 7.16. The van der Waals surface area contributed by atoms with Gasteiger partial charge in [-0.2, -0.15) is 26.3 Å². The Hall–Kier alpha value is -4.33. The number of hydrogen-bond acceptors (Lipinski definition) is 5. The molecule has 1 amide bonds. The van der Waals surface area contributed by atoms with Crippen molar-refractivity contribution in [1.82, 2.24) is 10.6 Å². The summed E-state index contributed by atoms with van der Waals surface area (Å²) in [7, 11) is 0. The molecule has 240 valence electrons. The monoisotopic (exact) mass is 629 g/mol. The Balaban J connectivity index is 0.000000402. The average Bonchev–Trinajstić information content (AvgIpc) is 2.96. The maximum Gasteiger partial charge on any atom is 0.490 e. The Morgan fingerprint density at radius 3 is 2.09 bits per heavy atom. The predicted molar refractivity (Wildman–Crippen MR) is 152 cm³/mol. The number of benzene rings is 3. The average molecular weight is 630 g/mol. The second-order valence-corrected chi connectivity index (χ2v) is 9.99. The van der Waals surface area contributed by atoms with Crippen LogP contribution in [0.1, 0.15) is 47.3 Å². The molecule has 0 spiro atoms. The molecule has 2 atom stereocenters. The Kier molecular flexibility index (Phi) is 13.0. The molecule has 0 bridgehead atoms. The molecular weight excluding hydrogens is 596 g/mol. The van der Waals surface area contributed by atoms with Crippen molar-refractivity contribution >= 4 is 34.3 Å². The van der Waals surface area contributed by atoms with Crippen LogP contribution in [-0.2, 0) is 9.59 Å². The number of aryl methyl sites for hydroxylation is 1. The Morgan fingerprint density at radius 1 is 0.932 bits per heavy atom. The molecule has 1 saturated heterocycles. The van der Waals surface area contributed by atoms with Crippen LogP contribution in [0.15, 0.2) is 60.7 Å². The van der Waals surface area contributed by atoms with E-state index in [0.717, 1.165) is 42.0 Å². The van der Waals surface area contributed by atoms with E-state index in [9.17, 15) is 31.1 Å². The SMILES string of the molecule is Cc1ccc(NCC2CCCNC2)cc1C(=O)N[C@H](C)c1cccc2ccccc12.O=C(O)C(F)(F)F.O=C(O)C(F)(F)F. The van der Waals surface area contributed by atoms with Crippen LogP contribution in [0.5, 0.6) is 0 Å². The third-order valence-corrected chi connectivity index (χ3v) is 6.60. The Labute approximate surface area is 249 Å². The van der Waals surface area contributed by atoms with Gasteiger partial charge in [-0.1, -0.05) is 48.5 Å². The molecule has 1 unspecified atom stereocenters. The largest absolute Gasteiger partial charge is 0.490 e. The summed E-state index contributed by atoms with van der Waals surface area (Å²) in [5.74, 6) is -4.90. The van der Waals surface area contributed by atoms with Crippen molar-refractivity contribution in [3.8, 4) is 0 Å². The van der Waals surface area contributed by atoms with Crippen molar-refractivity contribution in [2.45, 2.75) is 45.1 Å². The minimum absolute atomic E-state index is 0.0316. The number of carboxylic acids is 2. The lowest BCUT2D eigenvalue weighted by atomic mass is 9.98. The smallest absolute Gasteiger partial charge is 0.475 e. The first kappa shape index (κ1) is 35.9. The van der Waals surface area contributed by atoms with Gasteiger partial charge < -0.3 is 26.2 Å². The number of nitrogens with one attached hydrogen (secondary N) is 3. The minimum atomic E-state index is -5.08. The molecule has 0 aromatic heterocycles. The van der Waals surface area contributed by atoms with Crippen molar-refractivity contribution in [2.24, 2.45) is 5.92 Å². The third kappa shape index (κ3) is 11.4. The summed E-state index contributed by atoms with van der Waals surface area (Å²) in [6, 6.07) is 20.6. The van der Waals surface area contributed by atoms with E-state index >= 15 is 0 Å². The van der Waals surface area contributed by atoms with Crippen LogP contribution in [0.2, 0.25) is 0 Å². The number of anilines is 1. The van der Waals surface area contributed by atoms with Gasteiger partial charge in [0.05, 0.1) is 6.04 Å². The number of halogens is 6. The summed E-state index contributed by atoms with van der Waals surface area (Å²) < 4.78 is 63.5. The van der Waals surface area contributed by atoms with E-state index in [4.69, 9.17) is 19.8 Å². The molecule has 8 nitrogen and oxygen atoms in total. The fourth-order valence-electron chi connectivity index (χ4n) is 4.32. The fraction of sp³-hybridized carbons (Fsp3) is 0.367. The molecule has 3 aromatic rings. The van der Waals surface area contributed by atoms with E-state index in [1.165, 1.54) is 23.6 Å². The molecule has 1 aliphatic heterocycles. The van der Waals surface area contributed by atoms with Crippen molar-refractivity contribution in [1.29, 1.82) is 0 Å². The number of aliphatic carboxylic acids is 2. The van der Waals surface area contributed by atoms with Gasteiger partial charge in [0.25, 0.3) is 5.91 Å². The summed E-state index contributed by atoms with van der Waals surface area (Å²) in [6.07, 6.45) is -7.68. The first-order chi connectivity index (χ1) is 20.5. The minimum Gasteiger partial charge on any atom is -0.475 e. The lowest BCUT2D eigenvalue weighted by Gasteiger charge is -2.23. The topological polar surface area (TPSA) is 128 Å². The highest BCUT2D eigenvalue weighted by Crippen LogP contribution is 2.25. The first-order valence-corrected chi connectivity index (χ1v) is 13.4. The number of rotatable bonds is 6. The number of carbonyl (C=O) groups is 3. The van der Waals surface area contributed by atoms with Crippen LogP contribution in [0.25, 0.3) is 10.8 Å². The number of alkyl halides is 6. The standard InChI is InChI=1S/C26H31N3O.2C2HF3O2/c1-18-12-13-22(28-17-20-7-6-14-27-16-20)15-25(18)26(30)29-19(2)23-11-5-9-21-8-3-4-10-24(21)23;2*3-2(4,5)1(6)7/h3-5,8-13,15,19-20,27-28H,6-7,14,16-17H2,1-2H3,(H,29,30);2*(H,6,7)/t19-,20?;;/m1../s1. The number of amides is 1. The van der Waals surface area contributed by atoms with Crippen molar-refractivity contribution in [2.75, 3.05) is 25.0 Å². The highest BCUT2D eigenvalue weighted by Gasteiger charge is 2.38. The van der Waals surface area contributed by atoms with Crippen LogP contribution < -0.4 is 16.0 Å². The highest BCUT2D eigenvalue weighted by atomic mass is 19.4. The molecular formula is C30H33F6N3O5. The van der Waals surface area contributed by atoms with E-state index in [-0.39, 0.29) is 11.9 Å². The van der Waals surface area contributed by atoms with Crippen LogP contribution in [0.4, 0.5) is 32.0 Å². The summed E-state index contributed by atoms with van der Waals surface area (Å²) >= 11 is 0. The second kappa shape index (κ2) is 15.9. The second-order valence-electron chi connectivity index (χ2n) is 9.99. The van der Waals surface area contributed by atoms with Gasteiger partial charge in [-0.15, -0.1) is 0 Å². The molecule has 5 N–H and O–H groups in total. The molecule has 1 fully saturated rings. The molecule has 1 heterocycles. The Morgan fingerprint density at radius 2 is 1.52 bits per heavy atom. The maximum atomic E-state index is 13.1. The van der Waals surface area contributed by atoms with E-state index in [2.05, 4.69) is 52.3 Å². The van der Waals surface area contributed by atoms with Crippen LogP contribution >= 0.6 is 0 Å². The van der Waals surface area contributed by atoms with E-state index < -0.39 is 24.3 Å². The molecule has 3 aromatic carbocycles. The van der Waals surface area contributed by atoms with Crippen molar-refractivity contribution in [3.63, 3.8) is 0 Å². The van der Waals surface area contributed by atoms with E-state index in [1.54, 1.807) is 0 Å². The first-order valence-electron chi connectivity index (χ1n) is 13.4. The molecule has 1 aliphatic rings. The number of fused-ring (bicyclic) bond motifs is 1. The van der Waals surface area contributed by atoms with Gasteiger partial charge in [0.15, 0.2) is 0 Å². The van der Waals surface area contributed by atoms with Gasteiger partial charge in [-0.25, -0.2) is 9.59 Å². The van der Waals surface area contributed by atoms with Crippen LogP contribution in [0, 0.1) is 12.8 Å². The van der Waals surface area contributed by atoms with Gasteiger partial charge in [0.1, 0.15) is 0 Å². The molecule has 44 heavy (non-hydrogen) atoms. The zero-order chi connectivity index (χ0) is 33.1. The van der Waals surface area contributed by atoms with Crippen molar-refractivity contribution < 1.29 is 50.9 Å². The normalized spacial score (nSPS) is 15.5. The summed E-state index contributed by atoms with van der Waals surface area (Å²) in [5.41, 5.74) is 3.86. The number of carbonyl (C=O) groups excluding carboxylic acids is 1. The third-order valence-electron chi connectivity index (χ3n) is 6.60. The van der Waals surface area contributed by atoms with E-state index in [1.807, 2.05) is 38.1 Å². The zero-order valence-corrected chi connectivity index (χ0v) is 23.9. The molecule has 14 heteroatoms. The lowest BCUT2D eigenvalue weighted by molar-refractivity contribution is -0.193. The molecule has 0 aliphatic carbocycles.